The van der Waals surface area contributed by atoms with Gasteiger partial charge in [-0.15, -0.1) is 0 Å². The number of unbranched alkanes of at least 4 members (excludes halogenated alkanes) is 5. The van der Waals surface area contributed by atoms with Crippen LogP contribution in [0.1, 0.15) is 118 Å². The third-order valence-electron chi connectivity index (χ3n) is 6.42. The van der Waals surface area contributed by atoms with E-state index in [1.165, 1.54) is 0 Å². The van der Waals surface area contributed by atoms with Crippen molar-refractivity contribution in [1.82, 2.24) is 0 Å². The summed E-state index contributed by atoms with van der Waals surface area (Å²) in [7, 11) is 0. The molecule has 2 N–H and O–H groups in total. The van der Waals surface area contributed by atoms with Crippen LogP contribution < -0.4 is 0 Å². The maximum atomic E-state index is 12.4. The highest BCUT2D eigenvalue weighted by Gasteiger charge is 2.40. The zero-order chi connectivity index (χ0) is 20.7. The van der Waals surface area contributed by atoms with Crippen molar-refractivity contribution < 1.29 is 19.8 Å². The van der Waals surface area contributed by atoms with Crippen LogP contribution in [0.15, 0.2) is 0 Å². The molecule has 0 saturated carbocycles. The first kappa shape index (κ1) is 25.9. The number of hydrogen-bond donors (Lipinski definition) is 2. The predicted octanol–water partition coefficient (Wildman–Crippen LogP) is 6.92. The zero-order valence-corrected chi connectivity index (χ0v) is 18.3. The molecule has 0 saturated heterocycles. The van der Waals surface area contributed by atoms with Crippen molar-refractivity contribution in [3.63, 3.8) is 0 Å². The van der Waals surface area contributed by atoms with Gasteiger partial charge in [0.2, 0.25) is 0 Å². The Bertz CT molecular complexity index is 383. The molecule has 0 heterocycles. The molecule has 0 amide bonds. The lowest BCUT2D eigenvalue weighted by molar-refractivity contribution is -0.152. The molecule has 0 rings (SSSR count). The lowest BCUT2D eigenvalue weighted by Gasteiger charge is -2.35. The van der Waals surface area contributed by atoms with Gasteiger partial charge in [0.1, 0.15) is 0 Å². The second kappa shape index (κ2) is 14.9. The average molecular weight is 385 g/mol. The summed E-state index contributed by atoms with van der Waals surface area (Å²) in [5.41, 5.74) is -0.573. The highest BCUT2D eigenvalue weighted by atomic mass is 16.4. The van der Waals surface area contributed by atoms with E-state index in [2.05, 4.69) is 27.7 Å². The summed E-state index contributed by atoms with van der Waals surface area (Å²) in [4.78, 5) is 22.9. The summed E-state index contributed by atoms with van der Waals surface area (Å²) in [5.74, 6) is -0.329. The van der Waals surface area contributed by atoms with E-state index >= 15 is 0 Å². The maximum absolute atomic E-state index is 12.4. The first-order valence-corrected chi connectivity index (χ1v) is 11.3. The molecule has 0 atom stereocenters. The van der Waals surface area contributed by atoms with Gasteiger partial charge in [-0.2, -0.15) is 0 Å². The fraction of sp³-hybridized carbons (Fsp3) is 0.913. The Morgan fingerprint density at radius 2 is 1.11 bits per heavy atom. The smallest absolute Gasteiger partial charge is 0.309 e. The molecule has 4 nitrogen and oxygen atoms in total. The largest absolute Gasteiger partial charge is 0.481 e. The molecule has 0 radical (unpaired) electrons. The van der Waals surface area contributed by atoms with E-state index < -0.39 is 17.4 Å². The number of carbonyl (C=O) groups is 2. The van der Waals surface area contributed by atoms with E-state index in [0.717, 1.165) is 83.5 Å². The van der Waals surface area contributed by atoms with Gasteiger partial charge in [0.15, 0.2) is 0 Å². The number of hydrogen-bond acceptors (Lipinski definition) is 2. The van der Waals surface area contributed by atoms with Crippen LogP contribution in [-0.4, -0.2) is 22.2 Å². The first-order valence-electron chi connectivity index (χ1n) is 11.3. The Hall–Kier alpha value is -1.06. The molecule has 0 fully saturated rings. The van der Waals surface area contributed by atoms with E-state index in [9.17, 15) is 14.7 Å². The Labute approximate surface area is 167 Å². The summed E-state index contributed by atoms with van der Waals surface area (Å²) >= 11 is 0. The van der Waals surface area contributed by atoms with Gasteiger partial charge < -0.3 is 10.2 Å². The molecule has 0 aromatic heterocycles. The van der Waals surface area contributed by atoms with Crippen LogP contribution >= 0.6 is 0 Å². The lowest BCUT2D eigenvalue weighted by Crippen LogP contribution is -2.35. The number of carboxylic acid groups (broad SMARTS) is 2. The first-order chi connectivity index (χ1) is 12.8. The predicted molar refractivity (Wildman–Crippen MR) is 112 cm³/mol. The third kappa shape index (κ3) is 10.8. The second-order valence-electron chi connectivity index (χ2n) is 8.37. The molecule has 27 heavy (non-hydrogen) atoms. The Kier molecular flexibility index (Phi) is 14.3. The monoisotopic (exact) mass is 384 g/mol. The van der Waals surface area contributed by atoms with Crippen LogP contribution in [0.2, 0.25) is 0 Å². The van der Waals surface area contributed by atoms with Crippen molar-refractivity contribution in [2.75, 3.05) is 0 Å². The standard InChI is InChI=1S/C23H44O4/c1-5-19(6-2)17-23(22(26)27,18-20(7-3)8-4)16-14-12-10-9-11-13-15-21(24)25/h19-20H,5-18H2,1-4H3,(H,24,25)(H,26,27). The molecule has 0 spiro atoms. The maximum Gasteiger partial charge on any atom is 0.309 e. The van der Waals surface area contributed by atoms with Gasteiger partial charge in [-0.25, -0.2) is 0 Å². The van der Waals surface area contributed by atoms with Crippen molar-refractivity contribution in [1.29, 1.82) is 0 Å². The van der Waals surface area contributed by atoms with E-state index in [1.54, 1.807) is 0 Å². The fourth-order valence-electron chi connectivity index (χ4n) is 4.28. The van der Waals surface area contributed by atoms with Crippen LogP contribution in [-0.2, 0) is 9.59 Å². The minimum atomic E-state index is -0.718. The summed E-state index contributed by atoms with van der Waals surface area (Å²) in [6.07, 6.45) is 12.7. The summed E-state index contributed by atoms with van der Waals surface area (Å²) in [6.45, 7) is 8.70. The van der Waals surface area contributed by atoms with Crippen LogP contribution in [0.4, 0.5) is 0 Å². The minimum Gasteiger partial charge on any atom is -0.481 e. The third-order valence-corrected chi connectivity index (χ3v) is 6.42. The normalized spacial score (nSPS) is 12.1. The Balaban J connectivity index is 4.72. The topological polar surface area (TPSA) is 74.6 Å². The Morgan fingerprint density at radius 3 is 1.48 bits per heavy atom. The van der Waals surface area contributed by atoms with Crippen molar-refractivity contribution in [2.45, 2.75) is 118 Å². The SMILES string of the molecule is CCC(CC)CC(CCCCCCCCC(=O)O)(CC(CC)CC)C(=O)O. The minimum absolute atomic E-state index is 0.257. The highest BCUT2D eigenvalue weighted by molar-refractivity contribution is 5.74. The Morgan fingerprint density at radius 1 is 0.704 bits per heavy atom. The van der Waals surface area contributed by atoms with Gasteiger partial charge in [-0.1, -0.05) is 85.5 Å². The summed E-state index contributed by atoms with van der Waals surface area (Å²) < 4.78 is 0. The van der Waals surface area contributed by atoms with Crippen molar-refractivity contribution in [2.24, 2.45) is 17.3 Å². The fourth-order valence-corrected chi connectivity index (χ4v) is 4.28. The molecule has 0 unspecified atom stereocenters. The number of rotatable bonds is 18. The lowest BCUT2D eigenvalue weighted by atomic mass is 9.68. The summed E-state index contributed by atoms with van der Waals surface area (Å²) in [6, 6.07) is 0. The van der Waals surface area contributed by atoms with Crippen molar-refractivity contribution in [3.05, 3.63) is 0 Å². The van der Waals surface area contributed by atoms with Crippen LogP contribution in [0.25, 0.3) is 0 Å². The second-order valence-corrected chi connectivity index (χ2v) is 8.37. The number of aliphatic carboxylic acids is 2. The van der Waals surface area contributed by atoms with E-state index in [4.69, 9.17) is 5.11 Å². The van der Waals surface area contributed by atoms with Crippen molar-refractivity contribution >= 4 is 11.9 Å². The molecule has 160 valence electrons. The van der Waals surface area contributed by atoms with Gasteiger partial charge in [0.25, 0.3) is 0 Å². The summed E-state index contributed by atoms with van der Waals surface area (Å²) in [5, 5.41) is 18.8. The van der Waals surface area contributed by atoms with E-state index in [1.807, 2.05) is 0 Å². The van der Waals surface area contributed by atoms with Gasteiger partial charge >= 0.3 is 11.9 Å². The number of carboxylic acids is 2. The van der Waals surface area contributed by atoms with Crippen LogP contribution in [0.5, 0.6) is 0 Å². The molecule has 0 aliphatic carbocycles. The van der Waals surface area contributed by atoms with E-state index in [0.29, 0.717) is 11.8 Å². The molecular formula is C23H44O4. The molecule has 0 aliphatic heterocycles. The van der Waals surface area contributed by atoms with Crippen LogP contribution in [0.3, 0.4) is 0 Å². The van der Waals surface area contributed by atoms with Gasteiger partial charge in [-0.05, 0) is 37.5 Å². The highest BCUT2D eigenvalue weighted by Crippen LogP contribution is 2.42. The molecule has 0 bridgehead atoms. The van der Waals surface area contributed by atoms with Crippen molar-refractivity contribution in [3.8, 4) is 0 Å². The van der Waals surface area contributed by atoms with Gasteiger partial charge in [0, 0.05) is 6.42 Å². The molecule has 0 aliphatic rings. The van der Waals surface area contributed by atoms with E-state index in [-0.39, 0.29) is 6.42 Å². The molecule has 4 heteroatoms. The zero-order valence-electron chi connectivity index (χ0n) is 18.3. The quantitative estimate of drug-likeness (QED) is 0.252. The van der Waals surface area contributed by atoms with Gasteiger partial charge in [-0.3, -0.25) is 9.59 Å². The molecular weight excluding hydrogens is 340 g/mol. The van der Waals surface area contributed by atoms with Gasteiger partial charge in [0.05, 0.1) is 5.41 Å². The average Bonchev–Trinajstić information content (AvgIpc) is 2.65. The van der Waals surface area contributed by atoms with Crippen LogP contribution in [0, 0.1) is 17.3 Å². The molecule has 0 aromatic rings. The molecule has 0 aromatic carbocycles.